The summed E-state index contributed by atoms with van der Waals surface area (Å²) in [5.41, 5.74) is 1.33. The van der Waals surface area contributed by atoms with Crippen LogP contribution in [-0.4, -0.2) is 12.0 Å². The number of hydrogen-bond donors (Lipinski definition) is 1. The molecule has 0 radical (unpaired) electrons. The normalized spacial score (nSPS) is 11.3. The Labute approximate surface area is 128 Å². The molecule has 2 aromatic rings. The minimum atomic E-state index is -0.673. The van der Waals surface area contributed by atoms with Crippen LogP contribution in [0, 0.1) is 17.1 Å². The van der Waals surface area contributed by atoms with Gasteiger partial charge in [0.2, 0.25) is 0 Å². The summed E-state index contributed by atoms with van der Waals surface area (Å²) in [6.45, 7) is 1.94. The van der Waals surface area contributed by atoms with Crippen molar-refractivity contribution in [3.8, 4) is 11.8 Å². The number of nitrogens with one attached hydrogen (secondary N) is 1. The molecule has 2 aromatic carbocycles. The van der Waals surface area contributed by atoms with Crippen LogP contribution in [0.4, 0.5) is 4.39 Å². The third-order valence-corrected chi connectivity index (χ3v) is 3.05. The van der Waals surface area contributed by atoms with E-state index in [1.54, 1.807) is 43.3 Å². The molecular weight excluding hydrogens is 283 g/mol. The van der Waals surface area contributed by atoms with Gasteiger partial charge in [0.25, 0.3) is 5.91 Å². The van der Waals surface area contributed by atoms with E-state index in [1.165, 1.54) is 12.1 Å². The number of amides is 1. The maximum absolute atomic E-state index is 12.8. The highest BCUT2D eigenvalue weighted by Gasteiger charge is 2.14. The van der Waals surface area contributed by atoms with Crippen molar-refractivity contribution < 1.29 is 13.9 Å². The molecule has 0 aliphatic heterocycles. The van der Waals surface area contributed by atoms with Crippen LogP contribution in [0.5, 0.6) is 5.75 Å². The molecule has 1 amide bonds. The van der Waals surface area contributed by atoms with Crippen LogP contribution >= 0.6 is 0 Å². The molecule has 22 heavy (non-hydrogen) atoms. The molecule has 0 aliphatic rings. The van der Waals surface area contributed by atoms with Gasteiger partial charge in [-0.15, -0.1) is 0 Å². The second kappa shape index (κ2) is 7.23. The van der Waals surface area contributed by atoms with E-state index in [1.807, 2.05) is 6.07 Å². The first-order chi connectivity index (χ1) is 10.6. The van der Waals surface area contributed by atoms with E-state index in [4.69, 9.17) is 10.00 Å². The summed E-state index contributed by atoms with van der Waals surface area (Å²) in [7, 11) is 0. The molecule has 1 atom stereocenters. The molecule has 2 rings (SSSR count). The van der Waals surface area contributed by atoms with E-state index < -0.39 is 6.10 Å². The van der Waals surface area contributed by atoms with Crippen LogP contribution in [-0.2, 0) is 11.3 Å². The SMILES string of the molecule is CC(Oc1ccc(C#N)cc1)C(=O)NCc1ccc(F)cc1. The second-order valence-electron chi connectivity index (χ2n) is 4.74. The first-order valence-corrected chi connectivity index (χ1v) is 6.77. The van der Waals surface area contributed by atoms with E-state index in [-0.39, 0.29) is 11.7 Å². The lowest BCUT2D eigenvalue weighted by Gasteiger charge is -2.14. The van der Waals surface area contributed by atoms with Crippen molar-refractivity contribution in [1.29, 1.82) is 5.26 Å². The Morgan fingerprint density at radius 2 is 1.86 bits per heavy atom. The van der Waals surface area contributed by atoms with Crippen LogP contribution in [0.2, 0.25) is 0 Å². The Kier molecular flexibility index (Phi) is 5.10. The molecule has 0 aliphatic carbocycles. The molecule has 0 fully saturated rings. The van der Waals surface area contributed by atoms with Gasteiger partial charge in [-0.2, -0.15) is 5.26 Å². The Hall–Kier alpha value is -2.87. The predicted molar refractivity (Wildman–Crippen MR) is 79.5 cm³/mol. The van der Waals surface area contributed by atoms with Crippen LogP contribution in [0.15, 0.2) is 48.5 Å². The fraction of sp³-hybridized carbons (Fsp3) is 0.176. The molecule has 0 heterocycles. The summed E-state index contributed by atoms with van der Waals surface area (Å²) in [6, 6.07) is 14.5. The highest BCUT2D eigenvalue weighted by atomic mass is 19.1. The molecule has 0 aromatic heterocycles. The molecule has 0 saturated carbocycles. The van der Waals surface area contributed by atoms with Gasteiger partial charge in [-0.25, -0.2) is 4.39 Å². The molecule has 0 bridgehead atoms. The Morgan fingerprint density at radius 3 is 2.45 bits per heavy atom. The van der Waals surface area contributed by atoms with Crippen molar-refractivity contribution in [2.75, 3.05) is 0 Å². The summed E-state index contributed by atoms with van der Waals surface area (Å²) in [4.78, 5) is 11.9. The summed E-state index contributed by atoms with van der Waals surface area (Å²) < 4.78 is 18.3. The lowest BCUT2D eigenvalue weighted by atomic mass is 10.2. The third-order valence-electron chi connectivity index (χ3n) is 3.05. The van der Waals surface area contributed by atoms with Gasteiger partial charge in [-0.05, 0) is 48.9 Å². The van der Waals surface area contributed by atoms with E-state index >= 15 is 0 Å². The van der Waals surface area contributed by atoms with Crippen molar-refractivity contribution >= 4 is 5.91 Å². The van der Waals surface area contributed by atoms with Gasteiger partial charge < -0.3 is 10.1 Å². The van der Waals surface area contributed by atoms with E-state index in [0.717, 1.165) is 5.56 Å². The van der Waals surface area contributed by atoms with Crippen molar-refractivity contribution in [3.05, 3.63) is 65.5 Å². The number of nitrogens with zero attached hydrogens (tertiary/aromatic N) is 1. The van der Waals surface area contributed by atoms with E-state index in [0.29, 0.717) is 17.9 Å². The van der Waals surface area contributed by atoms with Gasteiger partial charge in [0, 0.05) is 6.54 Å². The summed E-state index contributed by atoms with van der Waals surface area (Å²) >= 11 is 0. The molecule has 5 heteroatoms. The van der Waals surface area contributed by atoms with Crippen molar-refractivity contribution in [1.82, 2.24) is 5.32 Å². The molecule has 1 N–H and O–H groups in total. The number of halogens is 1. The van der Waals surface area contributed by atoms with Crippen molar-refractivity contribution in [3.63, 3.8) is 0 Å². The fourth-order valence-corrected chi connectivity index (χ4v) is 1.80. The van der Waals surface area contributed by atoms with Crippen LogP contribution < -0.4 is 10.1 Å². The highest BCUT2D eigenvalue weighted by Crippen LogP contribution is 2.13. The van der Waals surface area contributed by atoms with Gasteiger partial charge in [-0.1, -0.05) is 12.1 Å². The number of rotatable bonds is 5. The average molecular weight is 298 g/mol. The van der Waals surface area contributed by atoms with Gasteiger partial charge in [0.05, 0.1) is 11.6 Å². The quantitative estimate of drug-likeness (QED) is 0.923. The number of nitriles is 1. The van der Waals surface area contributed by atoms with Crippen LogP contribution in [0.25, 0.3) is 0 Å². The average Bonchev–Trinajstić information content (AvgIpc) is 2.54. The van der Waals surface area contributed by atoms with Gasteiger partial charge in [0.1, 0.15) is 11.6 Å². The zero-order chi connectivity index (χ0) is 15.9. The number of carbonyl (C=O) groups is 1. The fourth-order valence-electron chi connectivity index (χ4n) is 1.80. The molecule has 4 nitrogen and oxygen atoms in total. The highest BCUT2D eigenvalue weighted by molar-refractivity contribution is 5.80. The van der Waals surface area contributed by atoms with Crippen molar-refractivity contribution in [2.24, 2.45) is 0 Å². The summed E-state index contributed by atoms with van der Waals surface area (Å²) in [6.07, 6.45) is -0.673. The Morgan fingerprint density at radius 1 is 1.23 bits per heavy atom. The molecule has 0 saturated heterocycles. The zero-order valence-corrected chi connectivity index (χ0v) is 12.0. The Bertz CT molecular complexity index is 675. The second-order valence-corrected chi connectivity index (χ2v) is 4.74. The monoisotopic (exact) mass is 298 g/mol. The number of benzene rings is 2. The van der Waals surface area contributed by atoms with Crippen LogP contribution in [0.1, 0.15) is 18.1 Å². The topological polar surface area (TPSA) is 62.1 Å². The number of carbonyl (C=O) groups excluding carboxylic acids is 1. The molecular formula is C17H15FN2O2. The van der Waals surface area contributed by atoms with E-state index in [2.05, 4.69) is 5.32 Å². The lowest BCUT2D eigenvalue weighted by Crippen LogP contribution is -2.35. The maximum atomic E-state index is 12.8. The third kappa shape index (κ3) is 4.32. The first kappa shape index (κ1) is 15.5. The minimum absolute atomic E-state index is 0.270. The van der Waals surface area contributed by atoms with Crippen LogP contribution in [0.3, 0.4) is 0 Å². The largest absolute Gasteiger partial charge is 0.481 e. The summed E-state index contributed by atoms with van der Waals surface area (Å²) in [5, 5.41) is 11.4. The predicted octanol–water partition coefficient (Wildman–Crippen LogP) is 2.78. The standard InChI is InChI=1S/C17H15FN2O2/c1-12(22-16-8-4-13(10-19)5-9-16)17(21)20-11-14-2-6-15(18)7-3-14/h2-9,12H,11H2,1H3,(H,20,21). The van der Waals surface area contributed by atoms with Gasteiger partial charge >= 0.3 is 0 Å². The minimum Gasteiger partial charge on any atom is -0.481 e. The zero-order valence-electron chi connectivity index (χ0n) is 12.0. The lowest BCUT2D eigenvalue weighted by molar-refractivity contribution is -0.127. The Balaban J connectivity index is 1.86. The summed E-state index contributed by atoms with van der Waals surface area (Å²) in [5.74, 6) is -0.0651. The van der Waals surface area contributed by atoms with E-state index in [9.17, 15) is 9.18 Å². The number of hydrogen-bond acceptors (Lipinski definition) is 3. The van der Waals surface area contributed by atoms with Crippen molar-refractivity contribution in [2.45, 2.75) is 19.6 Å². The first-order valence-electron chi connectivity index (χ1n) is 6.77. The molecule has 1 unspecified atom stereocenters. The molecule has 112 valence electrons. The molecule has 0 spiro atoms. The van der Waals surface area contributed by atoms with Gasteiger partial charge in [-0.3, -0.25) is 4.79 Å². The smallest absolute Gasteiger partial charge is 0.261 e. The number of ether oxygens (including phenoxy) is 1. The van der Waals surface area contributed by atoms with Gasteiger partial charge in [0.15, 0.2) is 6.10 Å². The maximum Gasteiger partial charge on any atom is 0.261 e.